The number of halogens is 3. The summed E-state index contributed by atoms with van der Waals surface area (Å²) < 4.78 is 37.9. The van der Waals surface area contributed by atoms with Gasteiger partial charge in [0.05, 0.1) is 5.56 Å². The second-order valence-electron chi connectivity index (χ2n) is 4.81. The Morgan fingerprint density at radius 3 is 2.41 bits per heavy atom. The number of hydrogen-bond acceptors (Lipinski definition) is 2. The van der Waals surface area contributed by atoms with Crippen LogP contribution in [0.5, 0.6) is 0 Å². The number of hydrogen-bond donors (Lipinski definition) is 2. The highest BCUT2D eigenvalue weighted by atomic mass is 19.4. The molecule has 2 N–H and O–H groups in total. The second kappa shape index (κ2) is 6.51. The van der Waals surface area contributed by atoms with Crippen LogP contribution in [0.1, 0.15) is 18.1 Å². The minimum atomic E-state index is -4.35. The molecule has 0 atom stereocenters. The van der Waals surface area contributed by atoms with Gasteiger partial charge in [-0.25, -0.2) is 0 Å². The summed E-state index contributed by atoms with van der Waals surface area (Å²) in [6.45, 7) is 1.66. The fourth-order valence-corrected chi connectivity index (χ4v) is 1.97. The van der Waals surface area contributed by atoms with E-state index in [1.165, 1.54) is 13.0 Å². The quantitative estimate of drug-likeness (QED) is 0.885. The van der Waals surface area contributed by atoms with Gasteiger partial charge in [-0.2, -0.15) is 13.2 Å². The number of carbonyl (C=O) groups excluding carboxylic acids is 1. The van der Waals surface area contributed by atoms with E-state index in [4.69, 9.17) is 0 Å². The lowest BCUT2D eigenvalue weighted by molar-refractivity contribution is -0.137. The molecule has 2 aromatic carbocycles. The summed E-state index contributed by atoms with van der Waals surface area (Å²) in [5.41, 5.74) is 1.20. The number of anilines is 2. The largest absolute Gasteiger partial charge is 0.416 e. The molecule has 3 nitrogen and oxygen atoms in total. The molecular weight excluding hydrogens is 293 g/mol. The highest BCUT2D eigenvalue weighted by Gasteiger charge is 2.30. The van der Waals surface area contributed by atoms with Crippen molar-refractivity contribution in [2.45, 2.75) is 19.6 Å². The number of rotatable bonds is 4. The lowest BCUT2D eigenvalue weighted by Crippen LogP contribution is -2.07. The summed E-state index contributed by atoms with van der Waals surface area (Å²) in [5, 5.41) is 5.68. The fraction of sp³-hybridized carbons (Fsp3) is 0.188. The van der Waals surface area contributed by atoms with Crippen LogP contribution in [-0.4, -0.2) is 5.91 Å². The standard InChI is InChI=1S/C16H15F3N2O/c1-11(22)21-15-7-3-6-14(9-15)20-10-12-4-2-5-13(8-12)16(17,18)19/h2-9,20H,10H2,1H3,(H,21,22). The monoisotopic (exact) mass is 308 g/mol. The van der Waals surface area contributed by atoms with Gasteiger partial charge in [0.2, 0.25) is 5.91 Å². The lowest BCUT2D eigenvalue weighted by Gasteiger charge is -2.11. The first-order valence-corrected chi connectivity index (χ1v) is 6.62. The maximum atomic E-state index is 12.6. The van der Waals surface area contributed by atoms with Crippen molar-refractivity contribution < 1.29 is 18.0 Å². The summed E-state index contributed by atoms with van der Waals surface area (Å²) in [6.07, 6.45) is -4.35. The van der Waals surface area contributed by atoms with Crippen molar-refractivity contribution in [3.63, 3.8) is 0 Å². The summed E-state index contributed by atoms with van der Waals surface area (Å²) in [5.74, 6) is -0.185. The third-order valence-electron chi connectivity index (χ3n) is 2.93. The molecule has 116 valence electrons. The van der Waals surface area contributed by atoms with Crippen LogP contribution in [0, 0.1) is 0 Å². The Kier molecular flexibility index (Phi) is 4.70. The van der Waals surface area contributed by atoms with Crippen molar-refractivity contribution >= 4 is 17.3 Å². The zero-order chi connectivity index (χ0) is 16.2. The molecule has 0 heterocycles. The van der Waals surface area contributed by atoms with E-state index >= 15 is 0 Å². The first-order valence-electron chi connectivity index (χ1n) is 6.62. The molecule has 22 heavy (non-hydrogen) atoms. The number of amides is 1. The molecule has 0 aliphatic carbocycles. The topological polar surface area (TPSA) is 41.1 Å². The van der Waals surface area contributed by atoms with Crippen LogP contribution in [0.4, 0.5) is 24.5 Å². The average molecular weight is 308 g/mol. The number of alkyl halides is 3. The van der Waals surface area contributed by atoms with E-state index < -0.39 is 11.7 Å². The third kappa shape index (κ3) is 4.51. The van der Waals surface area contributed by atoms with Crippen LogP contribution >= 0.6 is 0 Å². The number of nitrogens with one attached hydrogen (secondary N) is 2. The summed E-state index contributed by atoms with van der Waals surface area (Å²) >= 11 is 0. The summed E-state index contributed by atoms with van der Waals surface area (Å²) in [6, 6.07) is 12.1. The zero-order valence-corrected chi connectivity index (χ0v) is 11.9. The minimum absolute atomic E-state index is 0.185. The van der Waals surface area contributed by atoms with E-state index in [-0.39, 0.29) is 12.5 Å². The van der Waals surface area contributed by atoms with Crippen LogP contribution in [0.25, 0.3) is 0 Å². The third-order valence-corrected chi connectivity index (χ3v) is 2.93. The Balaban J connectivity index is 2.05. The zero-order valence-electron chi connectivity index (χ0n) is 11.9. The molecule has 0 aliphatic rings. The molecule has 0 spiro atoms. The predicted octanol–water partition coefficient (Wildman–Crippen LogP) is 4.28. The van der Waals surface area contributed by atoms with Crippen molar-refractivity contribution in [2.24, 2.45) is 0 Å². The first-order chi connectivity index (χ1) is 10.3. The Morgan fingerprint density at radius 2 is 1.73 bits per heavy atom. The Hall–Kier alpha value is -2.50. The second-order valence-corrected chi connectivity index (χ2v) is 4.81. The van der Waals surface area contributed by atoms with E-state index in [2.05, 4.69) is 10.6 Å². The van der Waals surface area contributed by atoms with Crippen molar-refractivity contribution in [2.75, 3.05) is 10.6 Å². The van der Waals surface area contributed by atoms with E-state index in [9.17, 15) is 18.0 Å². The van der Waals surface area contributed by atoms with Gasteiger partial charge in [-0.05, 0) is 35.9 Å². The van der Waals surface area contributed by atoms with Crippen molar-refractivity contribution in [1.82, 2.24) is 0 Å². The molecule has 0 aromatic heterocycles. The van der Waals surface area contributed by atoms with Crippen molar-refractivity contribution in [3.8, 4) is 0 Å². The molecule has 0 saturated heterocycles. The molecule has 1 amide bonds. The highest BCUT2D eigenvalue weighted by Crippen LogP contribution is 2.29. The van der Waals surface area contributed by atoms with Crippen LogP contribution in [0.3, 0.4) is 0 Å². The van der Waals surface area contributed by atoms with Gasteiger partial charge in [-0.3, -0.25) is 4.79 Å². The fourth-order valence-electron chi connectivity index (χ4n) is 1.97. The molecule has 0 radical (unpaired) electrons. The van der Waals surface area contributed by atoms with Gasteiger partial charge in [0.1, 0.15) is 0 Å². The Labute approximate surface area is 126 Å². The van der Waals surface area contributed by atoms with E-state index in [1.54, 1.807) is 30.3 Å². The summed E-state index contributed by atoms with van der Waals surface area (Å²) in [7, 11) is 0. The van der Waals surface area contributed by atoms with Gasteiger partial charge in [0.25, 0.3) is 0 Å². The van der Waals surface area contributed by atoms with E-state index in [1.807, 2.05) is 0 Å². The smallest absolute Gasteiger partial charge is 0.381 e. The van der Waals surface area contributed by atoms with E-state index in [0.29, 0.717) is 16.9 Å². The lowest BCUT2D eigenvalue weighted by atomic mass is 10.1. The molecule has 0 unspecified atom stereocenters. The van der Waals surface area contributed by atoms with Gasteiger partial charge in [-0.1, -0.05) is 18.2 Å². The van der Waals surface area contributed by atoms with Gasteiger partial charge < -0.3 is 10.6 Å². The van der Waals surface area contributed by atoms with Crippen LogP contribution < -0.4 is 10.6 Å². The summed E-state index contributed by atoms with van der Waals surface area (Å²) in [4.78, 5) is 11.0. The minimum Gasteiger partial charge on any atom is -0.381 e. The molecule has 0 bridgehead atoms. The van der Waals surface area contributed by atoms with Crippen LogP contribution in [0.15, 0.2) is 48.5 Å². The van der Waals surface area contributed by atoms with Crippen molar-refractivity contribution in [1.29, 1.82) is 0 Å². The Morgan fingerprint density at radius 1 is 1.05 bits per heavy atom. The van der Waals surface area contributed by atoms with Crippen molar-refractivity contribution in [3.05, 3.63) is 59.7 Å². The maximum absolute atomic E-state index is 12.6. The molecule has 0 saturated carbocycles. The SMILES string of the molecule is CC(=O)Nc1cccc(NCc2cccc(C(F)(F)F)c2)c1. The number of benzene rings is 2. The number of carbonyl (C=O) groups is 1. The van der Waals surface area contributed by atoms with Gasteiger partial charge in [-0.15, -0.1) is 0 Å². The van der Waals surface area contributed by atoms with E-state index in [0.717, 1.165) is 12.1 Å². The molecule has 0 aliphatic heterocycles. The molecular formula is C16H15F3N2O. The average Bonchev–Trinajstić information content (AvgIpc) is 2.44. The highest BCUT2D eigenvalue weighted by molar-refractivity contribution is 5.89. The molecule has 2 rings (SSSR count). The molecule has 2 aromatic rings. The van der Waals surface area contributed by atoms with Gasteiger partial charge >= 0.3 is 6.18 Å². The molecule has 0 fully saturated rings. The first kappa shape index (κ1) is 15.9. The maximum Gasteiger partial charge on any atom is 0.416 e. The normalized spacial score (nSPS) is 11.1. The van der Waals surface area contributed by atoms with Gasteiger partial charge in [0.15, 0.2) is 0 Å². The molecule has 6 heteroatoms. The predicted molar refractivity (Wildman–Crippen MR) is 79.5 cm³/mol. The van der Waals surface area contributed by atoms with Gasteiger partial charge in [0, 0.05) is 24.8 Å². The Bertz CT molecular complexity index is 668. The van der Waals surface area contributed by atoms with Crippen LogP contribution in [0.2, 0.25) is 0 Å². The van der Waals surface area contributed by atoms with Crippen LogP contribution in [-0.2, 0) is 17.5 Å².